The maximum Gasteiger partial charge on any atom is 0.255 e. The number of hydrogen-bond acceptors (Lipinski definition) is 6. The number of benzene rings is 1. The van der Waals surface area contributed by atoms with Crippen LogP contribution in [-0.4, -0.2) is 59.2 Å². The quantitative estimate of drug-likeness (QED) is 0.719. The molecule has 8 heteroatoms. The number of piperazine rings is 1. The average molecular weight is 381 g/mol. The lowest BCUT2D eigenvalue weighted by Gasteiger charge is -2.35. The van der Waals surface area contributed by atoms with Gasteiger partial charge in [0.1, 0.15) is 6.04 Å². The summed E-state index contributed by atoms with van der Waals surface area (Å²) < 4.78 is 0. The number of nitrogens with zero attached hydrogens (tertiary/aromatic N) is 3. The predicted molar refractivity (Wildman–Crippen MR) is 99.8 cm³/mol. The van der Waals surface area contributed by atoms with E-state index in [2.05, 4.69) is 21.6 Å². The Kier molecular flexibility index (Phi) is 5.11. The molecule has 2 N–H and O–H groups in total. The lowest BCUT2D eigenvalue weighted by Crippen LogP contribution is -2.52. The van der Waals surface area contributed by atoms with Gasteiger partial charge in [0.05, 0.1) is 12.5 Å². The molecule has 0 radical (unpaired) electrons. The summed E-state index contributed by atoms with van der Waals surface area (Å²) in [5.41, 5.74) is 2.64. The number of carbonyl (C=O) groups is 3. The van der Waals surface area contributed by atoms with E-state index in [1.165, 1.54) is 0 Å². The number of nitriles is 1. The smallest absolute Gasteiger partial charge is 0.255 e. The van der Waals surface area contributed by atoms with Crippen molar-refractivity contribution in [1.29, 1.82) is 5.26 Å². The number of fused-ring (bicyclic) bond motifs is 1. The maximum absolute atomic E-state index is 12.8. The molecular formula is C20H23N5O3. The van der Waals surface area contributed by atoms with E-state index in [0.717, 1.165) is 37.3 Å². The van der Waals surface area contributed by atoms with Crippen LogP contribution in [-0.2, 0) is 22.7 Å². The van der Waals surface area contributed by atoms with Gasteiger partial charge in [0, 0.05) is 50.7 Å². The average Bonchev–Trinajstić information content (AvgIpc) is 2.99. The summed E-state index contributed by atoms with van der Waals surface area (Å²) in [6.45, 7) is 3.70. The van der Waals surface area contributed by atoms with Crippen molar-refractivity contribution in [3.8, 4) is 6.07 Å². The van der Waals surface area contributed by atoms with Crippen LogP contribution in [0, 0.1) is 11.3 Å². The van der Waals surface area contributed by atoms with Gasteiger partial charge < -0.3 is 10.2 Å². The van der Waals surface area contributed by atoms with E-state index in [0.29, 0.717) is 24.9 Å². The third-order valence-electron chi connectivity index (χ3n) is 5.77. The van der Waals surface area contributed by atoms with Crippen molar-refractivity contribution in [2.45, 2.75) is 44.4 Å². The van der Waals surface area contributed by atoms with Gasteiger partial charge >= 0.3 is 0 Å². The number of hydrogen-bond donors (Lipinski definition) is 2. The van der Waals surface area contributed by atoms with E-state index < -0.39 is 11.9 Å². The van der Waals surface area contributed by atoms with Crippen molar-refractivity contribution < 1.29 is 14.4 Å². The first-order valence-electron chi connectivity index (χ1n) is 9.65. The predicted octanol–water partition coefficient (Wildman–Crippen LogP) is 0.135. The number of piperidine rings is 1. The standard InChI is InChI=1S/C20H23N5O3/c21-6-5-15-10-22-7-8-24(15)11-13-1-2-16-14(9-13)12-25(20(16)28)17-3-4-18(26)23-19(17)27/h1-2,9,15,17,22H,3-5,7-8,10-12H2,(H,23,26,27). The molecule has 3 heterocycles. The molecular weight excluding hydrogens is 358 g/mol. The summed E-state index contributed by atoms with van der Waals surface area (Å²) in [5.74, 6) is -0.825. The fraction of sp³-hybridized carbons (Fsp3) is 0.500. The van der Waals surface area contributed by atoms with Crippen LogP contribution in [0.2, 0.25) is 0 Å². The molecule has 2 unspecified atom stereocenters. The lowest BCUT2D eigenvalue weighted by atomic mass is 10.0. The maximum atomic E-state index is 12.8. The summed E-state index contributed by atoms with van der Waals surface area (Å²) in [5, 5.41) is 14.7. The largest absolute Gasteiger partial charge is 0.322 e. The van der Waals surface area contributed by atoms with Gasteiger partial charge in [-0.3, -0.25) is 24.6 Å². The van der Waals surface area contributed by atoms with Gasteiger partial charge in [-0.15, -0.1) is 0 Å². The first kappa shape index (κ1) is 18.6. The summed E-state index contributed by atoms with van der Waals surface area (Å²) >= 11 is 0. The summed E-state index contributed by atoms with van der Waals surface area (Å²) in [6.07, 6.45) is 1.11. The van der Waals surface area contributed by atoms with Crippen LogP contribution in [0.15, 0.2) is 18.2 Å². The monoisotopic (exact) mass is 381 g/mol. The second-order valence-electron chi connectivity index (χ2n) is 7.58. The molecule has 0 spiro atoms. The highest BCUT2D eigenvalue weighted by atomic mass is 16.2. The molecule has 0 aliphatic carbocycles. The minimum Gasteiger partial charge on any atom is -0.322 e. The van der Waals surface area contributed by atoms with Crippen LogP contribution in [0.25, 0.3) is 0 Å². The molecule has 28 heavy (non-hydrogen) atoms. The normalized spacial score (nSPS) is 25.4. The summed E-state index contributed by atoms with van der Waals surface area (Å²) in [6, 6.07) is 7.68. The fourth-order valence-electron chi connectivity index (χ4n) is 4.28. The Morgan fingerprint density at radius 1 is 1.25 bits per heavy atom. The Morgan fingerprint density at radius 2 is 2.11 bits per heavy atom. The first-order chi connectivity index (χ1) is 13.6. The van der Waals surface area contributed by atoms with Crippen LogP contribution < -0.4 is 10.6 Å². The van der Waals surface area contributed by atoms with Gasteiger partial charge in [-0.05, 0) is 23.6 Å². The molecule has 8 nitrogen and oxygen atoms in total. The Morgan fingerprint density at radius 3 is 2.89 bits per heavy atom. The molecule has 1 aromatic rings. The summed E-state index contributed by atoms with van der Waals surface area (Å²) in [7, 11) is 0. The molecule has 0 aromatic heterocycles. The van der Waals surface area contributed by atoms with Crippen LogP contribution in [0.3, 0.4) is 0 Å². The van der Waals surface area contributed by atoms with Crippen molar-refractivity contribution in [1.82, 2.24) is 20.4 Å². The summed E-state index contributed by atoms with van der Waals surface area (Å²) in [4.78, 5) is 40.2. The van der Waals surface area contributed by atoms with E-state index >= 15 is 0 Å². The number of imide groups is 1. The van der Waals surface area contributed by atoms with E-state index in [-0.39, 0.29) is 24.3 Å². The van der Waals surface area contributed by atoms with Crippen molar-refractivity contribution in [3.05, 3.63) is 34.9 Å². The van der Waals surface area contributed by atoms with Gasteiger partial charge in [-0.25, -0.2) is 0 Å². The van der Waals surface area contributed by atoms with E-state index in [1.807, 2.05) is 18.2 Å². The van der Waals surface area contributed by atoms with Gasteiger partial charge in [0.2, 0.25) is 11.8 Å². The molecule has 146 valence electrons. The highest BCUT2D eigenvalue weighted by Crippen LogP contribution is 2.28. The molecule has 0 bridgehead atoms. The Hall–Kier alpha value is -2.76. The zero-order valence-electron chi connectivity index (χ0n) is 15.6. The highest BCUT2D eigenvalue weighted by molar-refractivity contribution is 6.05. The van der Waals surface area contributed by atoms with E-state index in [1.54, 1.807) is 4.90 Å². The zero-order chi connectivity index (χ0) is 19.7. The number of nitrogens with one attached hydrogen (secondary N) is 2. The minimum atomic E-state index is -0.589. The van der Waals surface area contributed by atoms with E-state index in [4.69, 9.17) is 5.26 Å². The number of carbonyl (C=O) groups excluding carboxylic acids is 3. The molecule has 0 saturated carbocycles. The van der Waals surface area contributed by atoms with Crippen molar-refractivity contribution in [2.24, 2.45) is 0 Å². The number of rotatable bonds is 4. The molecule has 3 aliphatic heterocycles. The van der Waals surface area contributed by atoms with E-state index in [9.17, 15) is 14.4 Å². The van der Waals surface area contributed by atoms with Crippen molar-refractivity contribution in [3.63, 3.8) is 0 Å². The van der Waals surface area contributed by atoms with Gasteiger partial charge in [0.15, 0.2) is 0 Å². The second kappa shape index (κ2) is 7.70. The van der Waals surface area contributed by atoms with Crippen LogP contribution in [0.1, 0.15) is 40.7 Å². The van der Waals surface area contributed by atoms with Gasteiger partial charge in [-0.1, -0.05) is 12.1 Å². The molecule has 3 aliphatic rings. The zero-order valence-corrected chi connectivity index (χ0v) is 15.6. The molecule has 2 atom stereocenters. The molecule has 1 aromatic carbocycles. The molecule has 2 saturated heterocycles. The first-order valence-corrected chi connectivity index (χ1v) is 9.65. The SMILES string of the molecule is N#CCC1CNCCN1Cc1ccc2c(c1)CN(C1CCC(=O)NC1=O)C2=O. The molecule has 3 amide bonds. The molecule has 2 fully saturated rings. The topological polar surface area (TPSA) is 106 Å². The lowest BCUT2D eigenvalue weighted by molar-refractivity contribution is -0.136. The highest BCUT2D eigenvalue weighted by Gasteiger charge is 2.39. The van der Waals surface area contributed by atoms with Crippen molar-refractivity contribution in [2.75, 3.05) is 19.6 Å². The third kappa shape index (κ3) is 3.51. The Labute approximate surface area is 163 Å². The molecule has 4 rings (SSSR count). The van der Waals surface area contributed by atoms with Gasteiger partial charge in [0.25, 0.3) is 5.91 Å². The van der Waals surface area contributed by atoms with Gasteiger partial charge in [-0.2, -0.15) is 5.26 Å². The van der Waals surface area contributed by atoms with Crippen LogP contribution >= 0.6 is 0 Å². The van der Waals surface area contributed by atoms with Crippen molar-refractivity contribution >= 4 is 17.7 Å². The second-order valence-corrected chi connectivity index (χ2v) is 7.58. The Balaban J connectivity index is 1.48. The third-order valence-corrected chi connectivity index (χ3v) is 5.77. The Bertz CT molecular complexity index is 862. The van der Waals surface area contributed by atoms with Crippen LogP contribution in [0.4, 0.5) is 0 Å². The minimum absolute atomic E-state index is 0.152. The fourth-order valence-corrected chi connectivity index (χ4v) is 4.28. The van der Waals surface area contributed by atoms with Crippen LogP contribution in [0.5, 0.6) is 0 Å². The number of amides is 3.